The fourth-order valence-corrected chi connectivity index (χ4v) is 3.57. The number of hydrogen-bond donors (Lipinski definition) is 0. The Morgan fingerprint density at radius 1 is 0.593 bits per heavy atom. The van der Waals surface area contributed by atoms with E-state index in [0.717, 1.165) is 0 Å². The van der Waals surface area contributed by atoms with Crippen molar-refractivity contribution < 1.29 is 60.2 Å². The summed E-state index contributed by atoms with van der Waals surface area (Å²) >= 11 is 0. The summed E-state index contributed by atoms with van der Waals surface area (Å²) in [7, 11) is 0. The molecule has 5 heteroatoms. The Labute approximate surface area is 191 Å². The van der Waals surface area contributed by atoms with Crippen LogP contribution in [0.15, 0.2) is 77.6 Å². The van der Waals surface area contributed by atoms with Gasteiger partial charge in [0.15, 0.2) is 0 Å². The Morgan fingerprint density at radius 3 is 1.96 bits per heavy atom. The molecular weight excluding hydrogens is 438 g/mol. The van der Waals surface area contributed by atoms with Crippen LogP contribution in [0.25, 0.3) is 21.5 Å². The van der Waals surface area contributed by atoms with E-state index in [9.17, 15) is 0 Å². The summed E-state index contributed by atoms with van der Waals surface area (Å²) in [5, 5.41) is 5.64. The molecule has 1 aliphatic rings. The summed E-state index contributed by atoms with van der Waals surface area (Å²) in [6.07, 6.45) is 8.47. The second-order valence-corrected chi connectivity index (χ2v) is 6.09. The third kappa shape index (κ3) is 5.70. The maximum atomic E-state index is 4.58. The molecule has 0 atom stereocenters. The molecule has 1 aromatic heterocycles. The van der Waals surface area contributed by atoms with Crippen molar-refractivity contribution in [3.8, 4) is 0 Å². The minimum Gasteiger partial charge on any atom is -1.00 e. The molecule has 3 aromatic carbocycles. The van der Waals surface area contributed by atoms with E-state index in [4.69, 9.17) is 0 Å². The second-order valence-electron chi connectivity index (χ2n) is 6.09. The molecule has 143 valence electrons. The average Bonchev–Trinajstić information content (AvgIpc) is 3.21. The first-order valence-corrected chi connectivity index (χ1v) is 8.33. The topological polar surface area (TPSA) is 13.1 Å². The number of fused-ring (bicyclic) bond motifs is 5. The smallest absolute Gasteiger partial charge is 0.0902 e. The molecule has 0 aliphatic heterocycles. The van der Waals surface area contributed by atoms with Crippen molar-refractivity contribution >= 4 is 21.5 Å². The molecule has 0 saturated carbocycles. The third-order valence-corrected chi connectivity index (χ3v) is 4.68. The van der Waals surface area contributed by atoms with Gasteiger partial charge in [0.2, 0.25) is 0 Å². The van der Waals surface area contributed by atoms with Gasteiger partial charge in [-0.1, -0.05) is 48.5 Å². The molecule has 0 spiro atoms. The number of rotatable bonds is 0. The quantitative estimate of drug-likeness (QED) is 0.259. The number of hydrogen-bond acceptors (Lipinski definition) is 1. The molecule has 1 radical (unpaired) electrons. The third-order valence-electron chi connectivity index (χ3n) is 4.68. The predicted octanol–water partition coefficient (Wildman–Crippen LogP) is -2.84. The van der Waals surface area contributed by atoms with E-state index >= 15 is 0 Å². The molecule has 0 unspecified atom stereocenters. The van der Waals surface area contributed by atoms with E-state index < -0.39 is 0 Å². The summed E-state index contributed by atoms with van der Waals surface area (Å²) < 4.78 is 4.58. The fraction of sp³-hybridized carbons (Fsp3) is 0.182. The summed E-state index contributed by atoms with van der Waals surface area (Å²) in [4.78, 5) is 0. The van der Waals surface area contributed by atoms with Gasteiger partial charge in [-0.3, -0.25) is 0 Å². The first-order valence-electron chi connectivity index (χ1n) is 8.33. The predicted molar refractivity (Wildman–Crippen MR) is 96.8 cm³/mol. The summed E-state index contributed by atoms with van der Waals surface area (Å²) in [6.45, 7) is 0. The maximum absolute atomic E-state index is 4.58. The average molecular weight is 458 g/mol. The number of halogens is 3. The summed E-state index contributed by atoms with van der Waals surface area (Å²) in [5.74, 6) is 0. The molecule has 5 rings (SSSR count). The molecule has 1 heterocycles. The second kappa shape index (κ2) is 12.4. The monoisotopic (exact) mass is 456 g/mol. The van der Waals surface area contributed by atoms with Crippen LogP contribution in [0.1, 0.15) is 24.0 Å². The van der Waals surface area contributed by atoms with Crippen LogP contribution < -0.4 is 37.2 Å². The molecule has 0 bridgehead atoms. The zero-order chi connectivity index (χ0) is 15.5. The van der Waals surface area contributed by atoms with Crippen LogP contribution in [0.3, 0.4) is 0 Å². The van der Waals surface area contributed by atoms with Gasteiger partial charge < -0.3 is 41.6 Å². The molecule has 1 aliphatic carbocycles. The number of furan rings is 1. The van der Waals surface area contributed by atoms with E-state index in [0.29, 0.717) is 0 Å². The Balaban J connectivity index is 0.000000666. The molecule has 27 heavy (non-hydrogen) atoms. The van der Waals surface area contributed by atoms with Gasteiger partial charge in [0.25, 0.3) is 0 Å². The van der Waals surface area contributed by atoms with Crippen LogP contribution in [0.5, 0.6) is 0 Å². The van der Waals surface area contributed by atoms with Crippen molar-refractivity contribution in [2.75, 3.05) is 0 Å². The molecule has 0 fully saturated rings. The van der Waals surface area contributed by atoms with Crippen LogP contribution >= 0.6 is 0 Å². The van der Waals surface area contributed by atoms with Crippen molar-refractivity contribution in [2.24, 2.45) is 0 Å². The van der Waals surface area contributed by atoms with Gasteiger partial charge in [0.1, 0.15) is 0 Å². The van der Waals surface area contributed by atoms with Crippen molar-refractivity contribution in [1.82, 2.24) is 0 Å². The summed E-state index contributed by atoms with van der Waals surface area (Å²) in [5.41, 5.74) is 3.17. The van der Waals surface area contributed by atoms with E-state index in [1.165, 1.54) is 47.2 Å². The van der Waals surface area contributed by atoms with Gasteiger partial charge in [-0.15, -0.1) is 0 Å². The van der Waals surface area contributed by atoms with Crippen LogP contribution in [-0.2, 0) is 31.4 Å². The van der Waals surface area contributed by atoms with E-state index in [2.05, 4.69) is 52.9 Å². The number of benzene rings is 3. The van der Waals surface area contributed by atoms with Gasteiger partial charge >= 0.3 is 0 Å². The van der Waals surface area contributed by atoms with Gasteiger partial charge in [-0.2, -0.15) is 0 Å². The first-order chi connectivity index (χ1) is 11.4. The summed E-state index contributed by atoms with van der Waals surface area (Å²) in [6, 6.07) is 21.6. The van der Waals surface area contributed by atoms with Crippen molar-refractivity contribution in [3.63, 3.8) is 0 Å². The van der Waals surface area contributed by atoms with Crippen molar-refractivity contribution in [3.05, 3.63) is 84.3 Å². The zero-order valence-corrected chi connectivity index (χ0v) is 18.4. The van der Waals surface area contributed by atoms with Crippen LogP contribution in [-0.4, -0.2) is 0 Å². The Bertz CT molecular complexity index is 922. The van der Waals surface area contributed by atoms with Crippen LogP contribution in [0.4, 0.5) is 0 Å². The molecule has 0 saturated heterocycles. The van der Waals surface area contributed by atoms with Crippen molar-refractivity contribution in [1.29, 1.82) is 0 Å². The molecule has 0 amide bonds. The first kappa shape index (κ1) is 25.9. The normalized spacial score (nSPS) is 11.4. The molecule has 0 N–H and O–H groups in total. The fourth-order valence-electron chi connectivity index (χ4n) is 3.57. The van der Waals surface area contributed by atoms with E-state index in [-0.39, 0.29) is 55.8 Å². The van der Waals surface area contributed by atoms with Gasteiger partial charge in [-0.25, -0.2) is 0 Å². The molecule has 1 nitrogen and oxygen atoms in total. The maximum Gasteiger partial charge on any atom is 0.0902 e. The Morgan fingerprint density at radius 2 is 1.26 bits per heavy atom. The zero-order valence-electron chi connectivity index (χ0n) is 14.7. The molecular formula is C22H20Cl3OV-3. The minimum absolute atomic E-state index is 0. The SMILES string of the molecule is [Cl-].[Cl-].[Cl-].[V].c1ccc2c(c1)ccc1c3c(ccc12)CCCC3.c1ccoc1. The van der Waals surface area contributed by atoms with E-state index in [1.807, 2.05) is 12.1 Å². The van der Waals surface area contributed by atoms with Gasteiger partial charge in [0, 0.05) is 18.6 Å². The van der Waals surface area contributed by atoms with Crippen LogP contribution in [0, 0.1) is 0 Å². The standard InChI is InChI=1S/C18H16.C4H4O.3ClH.V/c1-3-7-15-13(5-1)9-11-18-16-8-4-2-6-14(16)10-12-17(15)18;1-2-4-5-3-1;;;;/h1,3,5,7,9-12H,2,4,6,8H2;1-4H;3*1H;/p-3. The van der Waals surface area contributed by atoms with E-state index in [1.54, 1.807) is 23.7 Å². The van der Waals surface area contributed by atoms with Gasteiger partial charge in [-0.05, 0) is 70.5 Å². The van der Waals surface area contributed by atoms with Gasteiger partial charge in [0.05, 0.1) is 12.5 Å². The minimum atomic E-state index is 0. The Hall–Kier alpha value is -1.09. The molecule has 4 aromatic rings. The van der Waals surface area contributed by atoms with Crippen LogP contribution in [0.2, 0.25) is 0 Å². The number of aryl methyl sites for hydroxylation is 2. The van der Waals surface area contributed by atoms with Crippen molar-refractivity contribution in [2.45, 2.75) is 25.7 Å². The Kier molecular flexibility index (Phi) is 11.9. The largest absolute Gasteiger partial charge is 1.00 e.